The van der Waals surface area contributed by atoms with Crippen LogP contribution in [0.2, 0.25) is 0 Å². The molecule has 1 fully saturated rings. The summed E-state index contributed by atoms with van der Waals surface area (Å²) in [6, 6.07) is 15.4. The number of hydrogen-bond donors (Lipinski definition) is 1. The molecule has 0 bridgehead atoms. The number of nitrogens with one attached hydrogen (secondary N) is 1. The lowest BCUT2D eigenvalue weighted by molar-refractivity contribution is -0.118. The first kappa shape index (κ1) is 16.1. The summed E-state index contributed by atoms with van der Waals surface area (Å²) >= 11 is 0. The molecule has 0 aromatic heterocycles. The highest BCUT2D eigenvalue weighted by atomic mass is 16.1. The Morgan fingerprint density at radius 2 is 1.75 bits per heavy atom. The first-order chi connectivity index (χ1) is 11.7. The summed E-state index contributed by atoms with van der Waals surface area (Å²) < 4.78 is 0. The molecular weight excluding hydrogens is 302 g/mol. The van der Waals surface area contributed by atoms with Crippen LogP contribution in [0.15, 0.2) is 48.5 Å². The van der Waals surface area contributed by atoms with Gasteiger partial charge in [-0.2, -0.15) is 0 Å². The predicted molar refractivity (Wildman–Crippen MR) is 95.4 cm³/mol. The topological polar surface area (TPSA) is 52.7 Å². The lowest BCUT2D eigenvalue weighted by atomic mass is 10.1. The van der Waals surface area contributed by atoms with Gasteiger partial charge in [0.25, 0.3) is 5.91 Å². The van der Waals surface area contributed by atoms with Gasteiger partial charge in [-0.15, -0.1) is 0 Å². The van der Waals surface area contributed by atoms with Crippen molar-refractivity contribution in [2.45, 2.75) is 6.92 Å². The van der Waals surface area contributed by atoms with Crippen LogP contribution in [0, 0.1) is 6.92 Å². The van der Waals surface area contributed by atoms with Gasteiger partial charge < -0.3 is 15.1 Å². The van der Waals surface area contributed by atoms with Gasteiger partial charge in [-0.1, -0.05) is 17.7 Å². The fourth-order valence-electron chi connectivity index (χ4n) is 2.83. The Bertz CT molecular complexity index is 720. The molecular formula is C19H21N3O2. The van der Waals surface area contributed by atoms with E-state index in [9.17, 15) is 9.59 Å². The highest BCUT2D eigenvalue weighted by Crippen LogP contribution is 2.20. The molecule has 5 nitrogen and oxygen atoms in total. The maximum Gasteiger partial charge on any atom is 0.255 e. The Hall–Kier alpha value is -2.82. The minimum atomic E-state index is -0.106. The number of amides is 2. The number of benzene rings is 2. The molecule has 124 valence electrons. The lowest BCUT2D eigenvalue weighted by Crippen LogP contribution is -2.45. The van der Waals surface area contributed by atoms with Crippen LogP contribution in [-0.4, -0.2) is 43.4 Å². The Labute approximate surface area is 141 Å². The van der Waals surface area contributed by atoms with Crippen molar-refractivity contribution < 1.29 is 9.59 Å². The van der Waals surface area contributed by atoms with Gasteiger partial charge in [0.1, 0.15) is 0 Å². The Balaban J connectivity index is 1.62. The zero-order chi connectivity index (χ0) is 16.9. The molecule has 1 aliphatic heterocycles. The molecule has 1 saturated heterocycles. The summed E-state index contributed by atoms with van der Waals surface area (Å²) in [4.78, 5) is 27.0. The molecule has 0 unspecified atom stereocenters. The standard InChI is InChI=1S/C19H21N3O2/c1-15-3-2-4-16(13-15)19(24)20-17-5-7-18(8-6-17)22-11-9-21(14-23)10-12-22/h2-8,13-14H,9-12H2,1H3,(H,20,24). The zero-order valence-corrected chi connectivity index (χ0v) is 13.7. The van der Waals surface area contributed by atoms with Crippen molar-refractivity contribution >= 4 is 23.7 Å². The maximum absolute atomic E-state index is 12.3. The number of piperazine rings is 1. The van der Waals surface area contributed by atoms with Gasteiger partial charge in [-0.3, -0.25) is 9.59 Å². The van der Waals surface area contributed by atoms with Gasteiger partial charge in [-0.25, -0.2) is 0 Å². The number of carbonyl (C=O) groups is 2. The molecule has 0 spiro atoms. The summed E-state index contributed by atoms with van der Waals surface area (Å²) in [5.41, 5.74) is 3.60. The van der Waals surface area contributed by atoms with Crippen molar-refractivity contribution in [1.29, 1.82) is 0 Å². The third-order valence-corrected chi connectivity index (χ3v) is 4.23. The molecule has 3 rings (SSSR count). The molecule has 24 heavy (non-hydrogen) atoms. The largest absolute Gasteiger partial charge is 0.368 e. The summed E-state index contributed by atoms with van der Waals surface area (Å²) in [5.74, 6) is -0.106. The van der Waals surface area contributed by atoms with E-state index in [1.54, 1.807) is 4.90 Å². The Morgan fingerprint density at radius 1 is 1.04 bits per heavy atom. The van der Waals surface area contributed by atoms with Gasteiger partial charge in [0.15, 0.2) is 0 Å². The van der Waals surface area contributed by atoms with Crippen molar-refractivity contribution in [3.05, 3.63) is 59.7 Å². The van der Waals surface area contributed by atoms with Gasteiger partial charge in [0, 0.05) is 43.1 Å². The van der Waals surface area contributed by atoms with E-state index < -0.39 is 0 Å². The molecule has 5 heteroatoms. The number of aryl methyl sites for hydroxylation is 1. The van der Waals surface area contributed by atoms with Crippen LogP contribution in [0.3, 0.4) is 0 Å². The molecule has 1 aliphatic rings. The molecule has 0 aliphatic carbocycles. The van der Waals surface area contributed by atoms with Crippen LogP contribution < -0.4 is 10.2 Å². The van der Waals surface area contributed by atoms with Crippen LogP contribution in [-0.2, 0) is 4.79 Å². The Kier molecular flexibility index (Phi) is 4.79. The van der Waals surface area contributed by atoms with E-state index >= 15 is 0 Å². The van der Waals surface area contributed by atoms with Crippen LogP contribution in [0.25, 0.3) is 0 Å². The normalized spacial score (nSPS) is 14.4. The second-order valence-corrected chi connectivity index (χ2v) is 6.00. The molecule has 2 amide bonds. The average molecular weight is 323 g/mol. The summed E-state index contributed by atoms with van der Waals surface area (Å²) in [6.07, 6.45) is 0.904. The third kappa shape index (κ3) is 3.74. The molecule has 0 atom stereocenters. The predicted octanol–water partition coefficient (Wildman–Crippen LogP) is 2.53. The first-order valence-electron chi connectivity index (χ1n) is 8.08. The second-order valence-electron chi connectivity index (χ2n) is 6.00. The molecule has 0 saturated carbocycles. The third-order valence-electron chi connectivity index (χ3n) is 4.23. The SMILES string of the molecule is Cc1cccc(C(=O)Nc2ccc(N3CCN(C=O)CC3)cc2)c1. The van der Waals surface area contributed by atoms with Gasteiger partial charge in [-0.05, 0) is 43.3 Å². The van der Waals surface area contributed by atoms with Crippen molar-refractivity contribution in [2.75, 3.05) is 36.4 Å². The van der Waals surface area contributed by atoms with E-state index in [-0.39, 0.29) is 5.91 Å². The van der Waals surface area contributed by atoms with Crippen LogP contribution in [0.4, 0.5) is 11.4 Å². The van der Waals surface area contributed by atoms with Crippen LogP contribution in [0.1, 0.15) is 15.9 Å². The van der Waals surface area contributed by atoms with Crippen LogP contribution in [0.5, 0.6) is 0 Å². The summed E-state index contributed by atoms with van der Waals surface area (Å²) in [5, 5.41) is 2.92. The monoisotopic (exact) mass is 323 g/mol. The molecule has 2 aromatic carbocycles. The van der Waals surface area contributed by atoms with Gasteiger partial charge in [0.05, 0.1) is 0 Å². The second kappa shape index (κ2) is 7.17. The minimum absolute atomic E-state index is 0.106. The highest BCUT2D eigenvalue weighted by Gasteiger charge is 2.15. The fourth-order valence-corrected chi connectivity index (χ4v) is 2.83. The van der Waals surface area contributed by atoms with E-state index in [0.29, 0.717) is 5.56 Å². The maximum atomic E-state index is 12.3. The van der Waals surface area contributed by atoms with Crippen molar-refractivity contribution in [3.63, 3.8) is 0 Å². The number of hydrogen-bond acceptors (Lipinski definition) is 3. The van der Waals surface area contributed by atoms with E-state index in [1.165, 1.54) is 0 Å². The van der Waals surface area contributed by atoms with E-state index in [4.69, 9.17) is 0 Å². The molecule has 1 heterocycles. The average Bonchev–Trinajstić information content (AvgIpc) is 2.62. The minimum Gasteiger partial charge on any atom is -0.368 e. The summed E-state index contributed by atoms with van der Waals surface area (Å²) in [7, 11) is 0. The van der Waals surface area contributed by atoms with Crippen molar-refractivity contribution in [3.8, 4) is 0 Å². The smallest absolute Gasteiger partial charge is 0.255 e. The lowest BCUT2D eigenvalue weighted by Gasteiger charge is -2.34. The number of carbonyl (C=O) groups excluding carboxylic acids is 2. The quantitative estimate of drug-likeness (QED) is 0.880. The van der Waals surface area contributed by atoms with E-state index in [0.717, 1.165) is 49.5 Å². The molecule has 2 aromatic rings. The fraction of sp³-hybridized carbons (Fsp3) is 0.263. The van der Waals surface area contributed by atoms with Crippen molar-refractivity contribution in [1.82, 2.24) is 4.90 Å². The first-order valence-corrected chi connectivity index (χ1v) is 8.08. The Morgan fingerprint density at radius 3 is 2.38 bits per heavy atom. The number of anilines is 2. The number of nitrogens with zero attached hydrogens (tertiary/aromatic N) is 2. The van der Waals surface area contributed by atoms with E-state index in [1.807, 2.05) is 55.5 Å². The van der Waals surface area contributed by atoms with Gasteiger partial charge >= 0.3 is 0 Å². The zero-order valence-electron chi connectivity index (χ0n) is 13.7. The number of rotatable bonds is 4. The molecule has 1 N–H and O–H groups in total. The van der Waals surface area contributed by atoms with Crippen molar-refractivity contribution in [2.24, 2.45) is 0 Å². The van der Waals surface area contributed by atoms with E-state index in [2.05, 4.69) is 10.2 Å². The highest BCUT2D eigenvalue weighted by molar-refractivity contribution is 6.04. The van der Waals surface area contributed by atoms with Crippen LogP contribution >= 0.6 is 0 Å². The van der Waals surface area contributed by atoms with Gasteiger partial charge in [0.2, 0.25) is 6.41 Å². The summed E-state index contributed by atoms with van der Waals surface area (Å²) in [6.45, 7) is 5.11. The molecule has 0 radical (unpaired) electrons.